The zero-order valence-corrected chi connectivity index (χ0v) is 13.0. The Morgan fingerprint density at radius 3 is 2.39 bits per heavy atom. The molecule has 0 spiro atoms. The van der Waals surface area contributed by atoms with Gasteiger partial charge >= 0.3 is 0 Å². The van der Waals surface area contributed by atoms with Gasteiger partial charge in [0.05, 0.1) is 5.54 Å². The zero-order chi connectivity index (χ0) is 11.4. The summed E-state index contributed by atoms with van der Waals surface area (Å²) in [6.07, 6.45) is 2.78. The second-order valence-electron chi connectivity index (χ2n) is 4.72. The minimum Gasteiger partial charge on any atom is -0.353 e. The number of hydrogen-bond acceptors (Lipinski definition) is 4. The van der Waals surface area contributed by atoms with Gasteiger partial charge in [0, 0.05) is 37.7 Å². The predicted molar refractivity (Wildman–Crippen MR) is 82.0 cm³/mol. The van der Waals surface area contributed by atoms with Crippen molar-refractivity contribution in [3.8, 4) is 0 Å². The van der Waals surface area contributed by atoms with Crippen LogP contribution in [-0.4, -0.2) is 54.0 Å². The number of hydrogen-bond donors (Lipinski definition) is 2. The normalized spacial score (nSPS) is 22.1. The maximum Gasteiger partial charge on any atom is 0.240 e. The molecule has 0 aromatic carbocycles. The molecule has 0 bridgehead atoms. The molecule has 4 nitrogen and oxygen atoms in total. The lowest BCUT2D eigenvalue weighted by Crippen LogP contribution is -2.59. The maximum absolute atomic E-state index is 11.7. The SMILES string of the molecule is Cl.Cl.NC1(C(=O)NCCN2CCSCC2)CCC1. The minimum atomic E-state index is -0.544. The van der Waals surface area contributed by atoms with E-state index in [1.807, 2.05) is 11.8 Å². The summed E-state index contributed by atoms with van der Waals surface area (Å²) in [6.45, 7) is 3.99. The van der Waals surface area contributed by atoms with Gasteiger partial charge in [-0.25, -0.2) is 0 Å². The number of nitrogens with two attached hydrogens (primary N) is 1. The van der Waals surface area contributed by atoms with E-state index in [1.54, 1.807) is 0 Å². The van der Waals surface area contributed by atoms with Crippen molar-refractivity contribution in [3.63, 3.8) is 0 Å². The van der Waals surface area contributed by atoms with Gasteiger partial charge in [0.25, 0.3) is 0 Å². The van der Waals surface area contributed by atoms with Gasteiger partial charge in [-0.3, -0.25) is 9.69 Å². The van der Waals surface area contributed by atoms with Crippen LogP contribution in [0.3, 0.4) is 0 Å². The molecule has 1 heterocycles. The van der Waals surface area contributed by atoms with Crippen LogP contribution in [0.15, 0.2) is 0 Å². The standard InChI is InChI=1S/C11H21N3OS.2ClH/c12-11(2-1-3-11)10(15)13-4-5-14-6-8-16-9-7-14;;/h1-9,12H2,(H,13,15);2*1H. The summed E-state index contributed by atoms with van der Waals surface area (Å²) in [7, 11) is 0. The Balaban J connectivity index is 0.00000144. The van der Waals surface area contributed by atoms with Gasteiger partial charge in [-0.2, -0.15) is 11.8 Å². The molecule has 1 aliphatic carbocycles. The summed E-state index contributed by atoms with van der Waals surface area (Å²) in [6, 6.07) is 0. The second kappa shape index (κ2) is 8.48. The first kappa shape index (κ1) is 18.3. The van der Waals surface area contributed by atoms with Crippen molar-refractivity contribution in [3.05, 3.63) is 0 Å². The largest absolute Gasteiger partial charge is 0.353 e. The third-order valence-corrected chi connectivity index (χ3v) is 4.46. The van der Waals surface area contributed by atoms with Gasteiger partial charge in [0.2, 0.25) is 5.91 Å². The van der Waals surface area contributed by atoms with E-state index in [0.717, 1.165) is 45.4 Å². The summed E-state index contributed by atoms with van der Waals surface area (Å²) in [5, 5.41) is 2.96. The van der Waals surface area contributed by atoms with Crippen molar-refractivity contribution in [1.29, 1.82) is 0 Å². The average molecular weight is 316 g/mol. The fourth-order valence-corrected chi connectivity index (χ4v) is 3.09. The third kappa shape index (κ3) is 4.78. The van der Waals surface area contributed by atoms with E-state index in [2.05, 4.69) is 10.2 Å². The molecule has 1 amide bonds. The van der Waals surface area contributed by atoms with Gasteiger partial charge in [-0.15, -0.1) is 24.8 Å². The highest BCUT2D eigenvalue weighted by molar-refractivity contribution is 7.99. The molecular weight excluding hydrogens is 293 g/mol. The van der Waals surface area contributed by atoms with Gasteiger partial charge < -0.3 is 11.1 Å². The predicted octanol–water partition coefficient (Wildman–Crippen LogP) is 0.876. The molecule has 2 fully saturated rings. The highest BCUT2D eigenvalue weighted by Crippen LogP contribution is 2.28. The Morgan fingerprint density at radius 2 is 1.89 bits per heavy atom. The van der Waals surface area contributed by atoms with Crippen LogP contribution in [-0.2, 0) is 4.79 Å². The fourth-order valence-electron chi connectivity index (χ4n) is 2.11. The number of carbonyl (C=O) groups excluding carboxylic acids is 1. The van der Waals surface area contributed by atoms with E-state index in [-0.39, 0.29) is 30.7 Å². The van der Waals surface area contributed by atoms with E-state index in [9.17, 15) is 4.79 Å². The van der Waals surface area contributed by atoms with Crippen LogP contribution in [0.25, 0.3) is 0 Å². The molecule has 0 unspecified atom stereocenters. The van der Waals surface area contributed by atoms with Crippen LogP contribution in [0.2, 0.25) is 0 Å². The number of nitrogens with zero attached hydrogens (tertiary/aromatic N) is 1. The first-order valence-electron chi connectivity index (χ1n) is 6.08. The Hall–Kier alpha value is 0.320. The number of halogens is 2. The molecule has 18 heavy (non-hydrogen) atoms. The lowest BCUT2D eigenvalue weighted by molar-refractivity contribution is -0.129. The molecule has 108 valence electrons. The summed E-state index contributed by atoms with van der Waals surface area (Å²) >= 11 is 2.01. The molecular formula is C11H23Cl2N3OS. The zero-order valence-electron chi connectivity index (χ0n) is 10.5. The van der Waals surface area contributed by atoms with E-state index in [1.165, 1.54) is 11.5 Å². The molecule has 2 rings (SSSR count). The van der Waals surface area contributed by atoms with Crippen molar-refractivity contribution in [2.75, 3.05) is 37.7 Å². The Morgan fingerprint density at radius 1 is 1.28 bits per heavy atom. The third-order valence-electron chi connectivity index (χ3n) is 3.52. The highest BCUT2D eigenvalue weighted by atomic mass is 35.5. The summed E-state index contributed by atoms with van der Waals surface area (Å²) < 4.78 is 0. The van der Waals surface area contributed by atoms with E-state index < -0.39 is 5.54 Å². The van der Waals surface area contributed by atoms with E-state index in [0.29, 0.717) is 0 Å². The molecule has 7 heteroatoms. The molecule has 0 aromatic rings. The van der Waals surface area contributed by atoms with E-state index >= 15 is 0 Å². The lowest BCUT2D eigenvalue weighted by Gasteiger charge is -2.36. The van der Waals surface area contributed by atoms with Crippen LogP contribution in [0.1, 0.15) is 19.3 Å². The van der Waals surface area contributed by atoms with Crippen LogP contribution in [0.4, 0.5) is 0 Å². The van der Waals surface area contributed by atoms with Gasteiger partial charge in [0.15, 0.2) is 0 Å². The number of thioether (sulfide) groups is 1. The second-order valence-corrected chi connectivity index (χ2v) is 5.94. The molecule has 3 N–H and O–H groups in total. The maximum atomic E-state index is 11.7. The van der Waals surface area contributed by atoms with Crippen LogP contribution < -0.4 is 11.1 Å². The van der Waals surface area contributed by atoms with Gasteiger partial charge in [-0.1, -0.05) is 0 Å². The molecule has 1 saturated heterocycles. The molecule has 1 saturated carbocycles. The van der Waals surface area contributed by atoms with Crippen LogP contribution in [0.5, 0.6) is 0 Å². The van der Waals surface area contributed by atoms with Gasteiger partial charge in [-0.05, 0) is 19.3 Å². The number of rotatable bonds is 4. The number of carbonyl (C=O) groups is 1. The van der Waals surface area contributed by atoms with Crippen molar-refractivity contribution >= 4 is 42.5 Å². The molecule has 0 radical (unpaired) electrons. The van der Waals surface area contributed by atoms with Crippen molar-refractivity contribution in [1.82, 2.24) is 10.2 Å². The molecule has 1 aliphatic heterocycles. The van der Waals surface area contributed by atoms with Crippen LogP contribution in [0, 0.1) is 0 Å². The quantitative estimate of drug-likeness (QED) is 0.808. The Bertz CT molecular complexity index is 259. The first-order valence-corrected chi connectivity index (χ1v) is 7.23. The van der Waals surface area contributed by atoms with Crippen molar-refractivity contribution in [2.24, 2.45) is 5.73 Å². The summed E-state index contributed by atoms with van der Waals surface area (Å²) in [5.41, 5.74) is 5.39. The summed E-state index contributed by atoms with van der Waals surface area (Å²) in [5.74, 6) is 2.48. The minimum absolute atomic E-state index is 0. The topological polar surface area (TPSA) is 58.4 Å². The molecule has 0 aromatic heterocycles. The van der Waals surface area contributed by atoms with Gasteiger partial charge in [0.1, 0.15) is 0 Å². The average Bonchev–Trinajstić information content (AvgIpc) is 2.27. The monoisotopic (exact) mass is 315 g/mol. The molecule has 2 aliphatic rings. The fraction of sp³-hybridized carbons (Fsp3) is 0.909. The summed E-state index contributed by atoms with van der Waals surface area (Å²) in [4.78, 5) is 14.1. The highest BCUT2D eigenvalue weighted by Gasteiger charge is 2.39. The van der Waals surface area contributed by atoms with E-state index in [4.69, 9.17) is 5.73 Å². The number of amides is 1. The van der Waals surface area contributed by atoms with Crippen molar-refractivity contribution in [2.45, 2.75) is 24.8 Å². The number of nitrogens with one attached hydrogen (secondary N) is 1. The molecule has 0 atom stereocenters. The van der Waals surface area contributed by atoms with Crippen molar-refractivity contribution < 1.29 is 4.79 Å². The Kier molecular flexibility index (Phi) is 8.63. The smallest absolute Gasteiger partial charge is 0.240 e. The Labute approximate surface area is 126 Å². The lowest BCUT2D eigenvalue weighted by atomic mass is 9.77. The van der Waals surface area contributed by atoms with Crippen LogP contribution >= 0.6 is 36.6 Å². The first-order chi connectivity index (χ1) is 7.71.